The zero-order chi connectivity index (χ0) is 19.9. The number of esters is 1. The smallest absolute Gasteiger partial charge is 0.416 e. The molecule has 0 N–H and O–H groups in total. The molecule has 28 heavy (non-hydrogen) atoms. The lowest BCUT2D eigenvalue weighted by atomic mass is 10.0. The van der Waals surface area contributed by atoms with E-state index in [4.69, 9.17) is 9.26 Å². The van der Waals surface area contributed by atoms with Gasteiger partial charge in [-0.05, 0) is 48.2 Å². The summed E-state index contributed by atoms with van der Waals surface area (Å²) in [6.45, 7) is 1.68. The van der Waals surface area contributed by atoms with E-state index in [0.717, 1.165) is 6.07 Å². The minimum Gasteiger partial charge on any atom is -0.426 e. The van der Waals surface area contributed by atoms with Gasteiger partial charge in [0.1, 0.15) is 5.75 Å². The Labute approximate surface area is 158 Å². The molecular formula is C20H15F3N2O3. The molecule has 0 aliphatic heterocycles. The van der Waals surface area contributed by atoms with Crippen molar-refractivity contribution in [3.05, 3.63) is 65.5 Å². The Hall–Kier alpha value is -3.16. The average molecular weight is 388 g/mol. The van der Waals surface area contributed by atoms with Crippen LogP contribution in [-0.4, -0.2) is 16.1 Å². The Morgan fingerprint density at radius 2 is 1.86 bits per heavy atom. The summed E-state index contributed by atoms with van der Waals surface area (Å²) in [5.41, 5.74) is 0.134. The third-order valence-corrected chi connectivity index (χ3v) is 4.62. The van der Waals surface area contributed by atoms with Crippen LogP contribution in [-0.2, 0) is 11.0 Å². The summed E-state index contributed by atoms with van der Waals surface area (Å²) in [5.74, 6) is -0.436. The van der Waals surface area contributed by atoms with Crippen molar-refractivity contribution < 1.29 is 27.2 Å². The maximum atomic E-state index is 13.2. The number of ether oxygens (including phenoxy) is 1. The number of aromatic nitrogens is 2. The van der Waals surface area contributed by atoms with E-state index in [9.17, 15) is 18.0 Å². The van der Waals surface area contributed by atoms with Crippen LogP contribution in [0.5, 0.6) is 5.75 Å². The van der Waals surface area contributed by atoms with E-state index in [-0.39, 0.29) is 5.56 Å². The Balaban J connectivity index is 1.43. The molecule has 0 radical (unpaired) electrons. The SMILES string of the molecule is Cc1nc(-c2ccc(OC(=O)C3CC3c3ccccc3C(F)(F)F)cc2)no1. The Kier molecular flexibility index (Phi) is 4.41. The number of alkyl halides is 3. The number of aryl methyl sites for hydroxylation is 1. The minimum absolute atomic E-state index is 0.139. The first-order valence-corrected chi connectivity index (χ1v) is 8.61. The van der Waals surface area contributed by atoms with E-state index in [1.54, 1.807) is 37.3 Å². The lowest BCUT2D eigenvalue weighted by Gasteiger charge is -2.12. The zero-order valence-corrected chi connectivity index (χ0v) is 14.7. The van der Waals surface area contributed by atoms with Crippen molar-refractivity contribution >= 4 is 5.97 Å². The van der Waals surface area contributed by atoms with Gasteiger partial charge < -0.3 is 9.26 Å². The maximum Gasteiger partial charge on any atom is 0.416 e. The van der Waals surface area contributed by atoms with Gasteiger partial charge in [-0.3, -0.25) is 4.79 Å². The largest absolute Gasteiger partial charge is 0.426 e. The highest BCUT2D eigenvalue weighted by molar-refractivity contribution is 5.80. The molecular weight excluding hydrogens is 373 g/mol. The maximum absolute atomic E-state index is 13.2. The fraction of sp³-hybridized carbons (Fsp3) is 0.250. The molecule has 2 unspecified atom stereocenters. The number of carbonyl (C=O) groups excluding carboxylic acids is 1. The normalized spacial score (nSPS) is 18.7. The number of nitrogens with zero attached hydrogens (tertiary/aromatic N) is 2. The molecule has 2 atom stereocenters. The van der Waals surface area contributed by atoms with Crippen LogP contribution in [0.25, 0.3) is 11.4 Å². The fourth-order valence-electron chi connectivity index (χ4n) is 3.16. The van der Waals surface area contributed by atoms with E-state index in [2.05, 4.69) is 10.1 Å². The number of hydrogen-bond acceptors (Lipinski definition) is 5. The summed E-state index contributed by atoms with van der Waals surface area (Å²) in [4.78, 5) is 16.4. The topological polar surface area (TPSA) is 65.2 Å². The average Bonchev–Trinajstić information content (AvgIpc) is 3.36. The molecule has 144 valence electrons. The van der Waals surface area contributed by atoms with Crippen molar-refractivity contribution in [2.45, 2.75) is 25.4 Å². The zero-order valence-electron chi connectivity index (χ0n) is 14.7. The Bertz CT molecular complexity index is 1010. The van der Waals surface area contributed by atoms with Gasteiger partial charge in [-0.15, -0.1) is 0 Å². The molecule has 0 saturated heterocycles. The fourth-order valence-corrected chi connectivity index (χ4v) is 3.16. The summed E-state index contributed by atoms with van der Waals surface area (Å²) < 4.78 is 49.7. The molecule has 5 nitrogen and oxygen atoms in total. The van der Waals surface area contributed by atoms with Crippen LogP contribution in [0.15, 0.2) is 53.1 Å². The quantitative estimate of drug-likeness (QED) is 0.476. The molecule has 8 heteroatoms. The third-order valence-electron chi connectivity index (χ3n) is 4.62. The van der Waals surface area contributed by atoms with Gasteiger partial charge >= 0.3 is 12.1 Å². The molecule has 0 amide bonds. The van der Waals surface area contributed by atoms with Crippen LogP contribution in [0.1, 0.15) is 29.4 Å². The predicted molar refractivity (Wildman–Crippen MR) is 92.4 cm³/mol. The number of rotatable bonds is 4. The van der Waals surface area contributed by atoms with Gasteiger partial charge in [0.25, 0.3) is 0 Å². The molecule has 1 saturated carbocycles. The first kappa shape index (κ1) is 18.2. The molecule has 1 heterocycles. The standard InChI is InChI=1S/C20H15F3N2O3/c1-11-24-18(25-28-11)12-6-8-13(9-7-12)27-19(26)16-10-15(16)14-4-2-3-5-17(14)20(21,22)23/h2-9,15-16H,10H2,1H3. The Morgan fingerprint density at radius 1 is 1.14 bits per heavy atom. The van der Waals surface area contributed by atoms with Crippen LogP contribution in [0.2, 0.25) is 0 Å². The summed E-state index contributed by atoms with van der Waals surface area (Å²) in [6.07, 6.45) is -4.11. The van der Waals surface area contributed by atoms with Crippen molar-refractivity contribution in [2.75, 3.05) is 0 Å². The first-order valence-electron chi connectivity index (χ1n) is 8.61. The van der Waals surface area contributed by atoms with Crippen molar-refractivity contribution in [1.82, 2.24) is 10.1 Å². The van der Waals surface area contributed by atoms with Gasteiger partial charge in [0, 0.05) is 12.5 Å². The highest BCUT2D eigenvalue weighted by Crippen LogP contribution is 2.51. The van der Waals surface area contributed by atoms with Gasteiger partial charge in [0.05, 0.1) is 11.5 Å². The number of benzene rings is 2. The van der Waals surface area contributed by atoms with Gasteiger partial charge in [-0.2, -0.15) is 18.2 Å². The molecule has 1 fully saturated rings. The monoisotopic (exact) mass is 388 g/mol. The second-order valence-corrected chi connectivity index (χ2v) is 6.62. The van der Waals surface area contributed by atoms with Gasteiger partial charge in [0.15, 0.2) is 0 Å². The van der Waals surface area contributed by atoms with Gasteiger partial charge in [-0.1, -0.05) is 23.4 Å². The number of halogens is 3. The minimum atomic E-state index is -4.45. The third kappa shape index (κ3) is 3.62. The van der Waals surface area contributed by atoms with Crippen LogP contribution in [0, 0.1) is 12.8 Å². The van der Waals surface area contributed by atoms with Crippen molar-refractivity contribution in [1.29, 1.82) is 0 Å². The number of carbonyl (C=O) groups is 1. The van der Waals surface area contributed by atoms with Crippen LogP contribution < -0.4 is 4.74 Å². The summed E-state index contributed by atoms with van der Waals surface area (Å²) in [5, 5.41) is 3.80. The van der Waals surface area contributed by atoms with Crippen LogP contribution in [0.3, 0.4) is 0 Å². The van der Waals surface area contributed by atoms with Crippen LogP contribution >= 0.6 is 0 Å². The van der Waals surface area contributed by atoms with E-state index < -0.39 is 29.5 Å². The summed E-state index contributed by atoms with van der Waals surface area (Å²) in [6, 6.07) is 11.9. The van der Waals surface area contributed by atoms with E-state index >= 15 is 0 Å². The van der Waals surface area contributed by atoms with Crippen molar-refractivity contribution in [3.63, 3.8) is 0 Å². The first-order chi connectivity index (χ1) is 13.3. The van der Waals surface area contributed by atoms with E-state index in [1.165, 1.54) is 12.1 Å². The molecule has 0 spiro atoms. The van der Waals surface area contributed by atoms with Gasteiger partial charge in [-0.25, -0.2) is 0 Å². The predicted octanol–water partition coefficient (Wildman–Crippen LogP) is 4.77. The van der Waals surface area contributed by atoms with Gasteiger partial charge in [0.2, 0.25) is 11.7 Å². The highest BCUT2D eigenvalue weighted by Gasteiger charge is 2.48. The summed E-state index contributed by atoms with van der Waals surface area (Å²) >= 11 is 0. The van der Waals surface area contributed by atoms with E-state index in [0.29, 0.717) is 29.4 Å². The highest BCUT2D eigenvalue weighted by atomic mass is 19.4. The van der Waals surface area contributed by atoms with E-state index in [1.807, 2.05) is 0 Å². The second-order valence-electron chi connectivity index (χ2n) is 6.62. The van der Waals surface area contributed by atoms with Crippen molar-refractivity contribution in [3.8, 4) is 17.1 Å². The molecule has 1 aliphatic carbocycles. The molecule has 1 aromatic heterocycles. The molecule has 4 rings (SSSR count). The van der Waals surface area contributed by atoms with Crippen molar-refractivity contribution in [2.24, 2.45) is 5.92 Å². The number of hydrogen-bond donors (Lipinski definition) is 0. The molecule has 3 aromatic rings. The lowest BCUT2D eigenvalue weighted by Crippen LogP contribution is -2.13. The molecule has 2 aromatic carbocycles. The molecule has 0 bridgehead atoms. The second kappa shape index (κ2) is 6.78. The lowest BCUT2D eigenvalue weighted by molar-refractivity contribution is -0.139. The Morgan fingerprint density at radius 3 is 2.50 bits per heavy atom. The summed E-state index contributed by atoms with van der Waals surface area (Å²) in [7, 11) is 0. The van der Waals surface area contributed by atoms with Crippen LogP contribution in [0.4, 0.5) is 13.2 Å². The molecule has 1 aliphatic rings.